The SMILES string of the molecule is CCCCCC/C=C\COC(=O)CCCCCCCN(CCCCCCCC(=O)OC/C=C\CCCCCC)CCCCSSCCC(NC(=O)CCN(CC(O)CCCCCCCC)CC(O)CCCCCCCC)C(=O)NCCCN(CC)CC. The van der Waals surface area contributed by atoms with Gasteiger partial charge in [-0.05, 0) is 129 Å². The maximum atomic E-state index is 13.7. The third kappa shape index (κ3) is 59.9. The average Bonchev–Trinajstić information content (AvgIpc) is 3.66. The second-order valence-electron chi connectivity index (χ2n) is 24.7. The number of esters is 2. The van der Waals surface area contributed by atoms with Crippen LogP contribution in [0.2, 0.25) is 0 Å². The number of nitrogens with zero attached hydrogens (tertiary/aromatic N) is 3. The Labute approximate surface area is 544 Å². The number of unbranched alkanes of at least 4 members (excludes halogenated alkanes) is 27. The number of carbonyl (C=O) groups is 4. The summed E-state index contributed by atoms with van der Waals surface area (Å²) in [5.74, 6) is 1.27. The van der Waals surface area contributed by atoms with E-state index in [9.17, 15) is 29.4 Å². The second-order valence-corrected chi connectivity index (χ2v) is 27.4. The Morgan fingerprint density at radius 1 is 0.414 bits per heavy atom. The first-order chi connectivity index (χ1) is 42.5. The van der Waals surface area contributed by atoms with Gasteiger partial charge >= 0.3 is 11.9 Å². The van der Waals surface area contributed by atoms with E-state index in [4.69, 9.17) is 9.47 Å². The summed E-state index contributed by atoms with van der Waals surface area (Å²) >= 11 is 0. The van der Waals surface area contributed by atoms with E-state index in [0.29, 0.717) is 58.7 Å². The quantitative estimate of drug-likeness (QED) is 0.0197. The predicted molar refractivity (Wildman–Crippen MR) is 375 cm³/mol. The van der Waals surface area contributed by atoms with E-state index in [0.717, 1.165) is 186 Å². The van der Waals surface area contributed by atoms with Crippen LogP contribution in [0, 0.1) is 0 Å². The molecule has 87 heavy (non-hydrogen) atoms. The van der Waals surface area contributed by atoms with Crippen LogP contribution < -0.4 is 10.6 Å². The largest absolute Gasteiger partial charge is 0.461 e. The maximum Gasteiger partial charge on any atom is 0.306 e. The molecule has 0 saturated carbocycles. The van der Waals surface area contributed by atoms with Crippen molar-refractivity contribution in [2.45, 2.75) is 323 Å². The molecule has 3 unspecified atom stereocenters. The standard InChI is InChI=1S/C72H139N5O8S2/c1-7-13-17-21-25-35-44-60-84-70(81)50-39-31-27-33-41-55-76(56-42-34-28-32-40-51-71(82)85-61-45-36-26-22-18-14-8-2)57-43-46-62-86-87-63-53-68(72(83)73-54-47-58-75(11-5)12-6)74-69(80)52-59-77(64-66(78)48-37-29-23-19-15-9-3)65-67(79)49-38-30-24-20-16-10-4/h35-36,44-45,66-68,78-79H,7-34,37-43,46-65H2,1-6H3,(H,73,83)(H,74,80)/b44-35-,45-36-. The highest BCUT2D eigenvalue weighted by Gasteiger charge is 2.23. The Morgan fingerprint density at radius 3 is 1.31 bits per heavy atom. The molecule has 0 bridgehead atoms. The fraction of sp³-hybridized carbons (Fsp3) is 0.889. The van der Waals surface area contributed by atoms with Crippen LogP contribution in [0.3, 0.4) is 0 Å². The molecule has 0 aliphatic heterocycles. The van der Waals surface area contributed by atoms with Crippen molar-refractivity contribution in [3.05, 3.63) is 24.3 Å². The Bertz CT molecular complexity index is 1520. The maximum absolute atomic E-state index is 13.7. The van der Waals surface area contributed by atoms with E-state index in [1.807, 2.05) is 22.9 Å². The van der Waals surface area contributed by atoms with Gasteiger partial charge in [-0.25, -0.2) is 0 Å². The van der Waals surface area contributed by atoms with Gasteiger partial charge in [0, 0.05) is 56.9 Å². The molecular weight excluding hydrogens is 1130 g/mol. The molecular formula is C72H139N5O8S2. The van der Waals surface area contributed by atoms with Gasteiger partial charge in [0.1, 0.15) is 19.3 Å². The third-order valence-corrected chi connectivity index (χ3v) is 19.1. The Balaban J connectivity index is 5.34. The molecule has 0 aromatic carbocycles. The number of hydrogen-bond acceptors (Lipinski definition) is 13. The van der Waals surface area contributed by atoms with Crippen LogP contribution in [0.15, 0.2) is 24.3 Å². The van der Waals surface area contributed by atoms with Crippen LogP contribution in [0.25, 0.3) is 0 Å². The van der Waals surface area contributed by atoms with Gasteiger partial charge in [0.25, 0.3) is 0 Å². The van der Waals surface area contributed by atoms with Crippen LogP contribution in [0.5, 0.6) is 0 Å². The van der Waals surface area contributed by atoms with E-state index >= 15 is 0 Å². The number of nitrogens with one attached hydrogen (secondary N) is 2. The first-order valence-electron chi connectivity index (χ1n) is 36.5. The van der Waals surface area contributed by atoms with E-state index in [2.05, 4.69) is 79.0 Å². The summed E-state index contributed by atoms with van der Waals surface area (Å²) in [5, 5.41) is 28.5. The fourth-order valence-electron chi connectivity index (χ4n) is 10.9. The highest BCUT2D eigenvalue weighted by molar-refractivity contribution is 8.76. The molecule has 15 heteroatoms. The van der Waals surface area contributed by atoms with Crippen molar-refractivity contribution in [1.82, 2.24) is 25.3 Å². The molecule has 0 aliphatic carbocycles. The van der Waals surface area contributed by atoms with E-state index in [1.165, 1.54) is 103 Å². The average molecular weight is 1270 g/mol. The molecule has 0 aromatic heterocycles. The summed E-state index contributed by atoms with van der Waals surface area (Å²) in [4.78, 5) is 59.1. The minimum atomic E-state index is -0.630. The van der Waals surface area contributed by atoms with Crippen LogP contribution in [-0.2, 0) is 28.7 Å². The number of rotatable bonds is 68. The van der Waals surface area contributed by atoms with Crippen molar-refractivity contribution < 1.29 is 38.9 Å². The molecule has 0 aromatic rings. The number of hydrogen-bond donors (Lipinski definition) is 4. The lowest BCUT2D eigenvalue weighted by Crippen LogP contribution is -2.48. The number of carbonyl (C=O) groups excluding carboxylic acids is 4. The van der Waals surface area contributed by atoms with Crippen molar-refractivity contribution in [2.75, 3.05) is 90.2 Å². The number of amides is 2. The number of aliphatic hydroxyl groups excluding tert-OH is 2. The summed E-state index contributed by atoms with van der Waals surface area (Å²) in [6.45, 7) is 21.9. The monoisotopic (exact) mass is 1270 g/mol. The normalized spacial score (nSPS) is 13.0. The molecule has 512 valence electrons. The highest BCUT2D eigenvalue weighted by atomic mass is 33.1. The zero-order chi connectivity index (χ0) is 63.7. The molecule has 0 radical (unpaired) electrons. The molecule has 0 fully saturated rings. The molecule has 2 amide bonds. The Hall–Kier alpha value is -2.14. The van der Waals surface area contributed by atoms with Gasteiger partial charge in [-0.3, -0.25) is 24.1 Å². The fourth-order valence-corrected chi connectivity index (χ4v) is 13.1. The van der Waals surface area contributed by atoms with Crippen LogP contribution in [-0.4, -0.2) is 157 Å². The summed E-state index contributed by atoms with van der Waals surface area (Å²) in [6, 6.07) is -0.630. The Kier molecular flexibility index (Phi) is 65.1. The lowest BCUT2D eigenvalue weighted by Gasteiger charge is -2.27. The lowest BCUT2D eigenvalue weighted by molar-refractivity contribution is -0.143. The summed E-state index contributed by atoms with van der Waals surface area (Å²) < 4.78 is 10.9. The highest BCUT2D eigenvalue weighted by Crippen LogP contribution is 2.24. The van der Waals surface area contributed by atoms with Crippen molar-refractivity contribution in [3.63, 3.8) is 0 Å². The van der Waals surface area contributed by atoms with Crippen LogP contribution in [0.1, 0.15) is 305 Å². The lowest BCUT2D eigenvalue weighted by atomic mass is 10.1. The Morgan fingerprint density at radius 2 is 0.828 bits per heavy atom. The van der Waals surface area contributed by atoms with Gasteiger partial charge in [0.05, 0.1) is 12.2 Å². The topological polar surface area (TPSA) is 161 Å². The first kappa shape index (κ1) is 84.9. The summed E-state index contributed by atoms with van der Waals surface area (Å²) in [5.41, 5.74) is 0. The summed E-state index contributed by atoms with van der Waals surface area (Å²) in [7, 11) is 3.64. The van der Waals surface area contributed by atoms with Gasteiger partial charge in [0.2, 0.25) is 11.8 Å². The molecule has 3 atom stereocenters. The van der Waals surface area contributed by atoms with Crippen LogP contribution in [0.4, 0.5) is 0 Å². The smallest absolute Gasteiger partial charge is 0.306 e. The molecule has 0 spiro atoms. The minimum Gasteiger partial charge on any atom is -0.461 e. The number of allylic oxidation sites excluding steroid dienone is 2. The van der Waals surface area contributed by atoms with Crippen molar-refractivity contribution in [1.29, 1.82) is 0 Å². The van der Waals surface area contributed by atoms with Crippen molar-refractivity contribution >= 4 is 45.3 Å². The predicted octanol–water partition coefficient (Wildman–Crippen LogP) is 16.9. The zero-order valence-corrected chi connectivity index (χ0v) is 59.1. The number of aliphatic hydroxyl groups is 2. The first-order valence-corrected chi connectivity index (χ1v) is 39.0. The van der Waals surface area contributed by atoms with Crippen LogP contribution >= 0.6 is 21.6 Å². The van der Waals surface area contributed by atoms with E-state index < -0.39 is 18.2 Å². The third-order valence-electron chi connectivity index (χ3n) is 16.6. The second kappa shape index (κ2) is 66.8. The van der Waals surface area contributed by atoms with Gasteiger partial charge < -0.3 is 40.1 Å². The molecule has 4 N–H and O–H groups in total. The molecule has 13 nitrogen and oxygen atoms in total. The van der Waals surface area contributed by atoms with Gasteiger partial charge in [-0.2, -0.15) is 0 Å². The van der Waals surface area contributed by atoms with Crippen molar-refractivity contribution in [3.8, 4) is 0 Å². The summed E-state index contributed by atoms with van der Waals surface area (Å²) in [6.07, 6.45) is 50.2. The molecule has 0 rings (SSSR count). The van der Waals surface area contributed by atoms with E-state index in [1.54, 1.807) is 10.8 Å². The zero-order valence-electron chi connectivity index (χ0n) is 57.4. The van der Waals surface area contributed by atoms with Gasteiger partial charge in [-0.15, -0.1) is 0 Å². The molecule has 0 aliphatic rings. The minimum absolute atomic E-state index is 0.0929. The van der Waals surface area contributed by atoms with Gasteiger partial charge in [0.15, 0.2) is 0 Å². The van der Waals surface area contributed by atoms with E-state index in [-0.39, 0.29) is 30.2 Å². The van der Waals surface area contributed by atoms with Gasteiger partial charge in [-0.1, -0.05) is 242 Å². The molecule has 0 heterocycles. The molecule has 0 saturated heterocycles. The number of ether oxygens (including phenoxy) is 2. The van der Waals surface area contributed by atoms with Crippen molar-refractivity contribution in [2.24, 2.45) is 0 Å².